The number of hydrogen-bond donors (Lipinski definition) is 1. The molecule has 0 aromatic heterocycles. The summed E-state index contributed by atoms with van der Waals surface area (Å²) in [5, 5.41) is 0. The molecule has 2 heteroatoms. The minimum absolute atomic E-state index is 0.0781. The first-order valence-corrected chi connectivity index (χ1v) is 7.61. The van der Waals surface area contributed by atoms with Gasteiger partial charge in [-0.3, -0.25) is 0 Å². The molecule has 1 aromatic carbocycles. The van der Waals surface area contributed by atoms with E-state index in [0.717, 1.165) is 25.7 Å². The van der Waals surface area contributed by atoms with E-state index in [1.54, 1.807) is 0 Å². The summed E-state index contributed by atoms with van der Waals surface area (Å²) in [6.07, 6.45) is 9.48. The van der Waals surface area contributed by atoms with E-state index in [4.69, 9.17) is 10.5 Å². The van der Waals surface area contributed by atoms with Gasteiger partial charge in [0.05, 0.1) is 5.60 Å². The van der Waals surface area contributed by atoms with Crippen molar-refractivity contribution in [2.45, 2.75) is 63.0 Å². The van der Waals surface area contributed by atoms with Gasteiger partial charge in [-0.1, -0.05) is 56.0 Å². The first kappa shape index (κ1) is 14.5. The standard InChI is InChI=1S/C17H27NO/c1-19-17(13-7-2-3-8-14-17)16(18)12-11-15-9-5-4-6-10-15/h4-6,9-10,16H,2-3,7-8,11-14,18H2,1H3. The molecule has 19 heavy (non-hydrogen) atoms. The molecule has 0 aliphatic heterocycles. The van der Waals surface area contributed by atoms with Crippen molar-refractivity contribution in [1.29, 1.82) is 0 Å². The number of rotatable bonds is 5. The Morgan fingerprint density at radius 2 is 1.74 bits per heavy atom. The molecule has 2 rings (SSSR count). The van der Waals surface area contributed by atoms with Gasteiger partial charge in [0.15, 0.2) is 0 Å². The highest BCUT2D eigenvalue weighted by Crippen LogP contribution is 2.33. The zero-order valence-electron chi connectivity index (χ0n) is 12.1. The van der Waals surface area contributed by atoms with Gasteiger partial charge in [-0.2, -0.15) is 0 Å². The Labute approximate surface area is 117 Å². The minimum atomic E-state index is -0.0781. The number of nitrogens with two attached hydrogens (primary N) is 1. The highest BCUT2D eigenvalue weighted by Gasteiger charge is 2.36. The Morgan fingerprint density at radius 1 is 1.11 bits per heavy atom. The maximum Gasteiger partial charge on any atom is 0.0828 e. The Bertz CT molecular complexity index is 355. The fourth-order valence-corrected chi connectivity index (χ4v) is 3.28. The highest BCUT2D eigenvalue weighted by molar-refractivity contribution is 5.15. The molecular formula is C17H27NO. The summed E-state index contributed by atoms with van der Waals surface area (Å²) in [6, 6.07) is 10.8. The molecule has 2 nitrogen and oxygen atoms in total. The normalized spacial score (nSPS) is 20.7. The quantitative estimate of drug-likeness (QED) is 0.821. The summed E-state index contributed by atoms with van der Waals surface area (Å²) in [6.45, 7) is 0. The lowest BCUT2D eigenvalue weighted by Gasteiger charge is -2.37. The van der Waals surface area contributed by atoms with Crippen LogP contribution in [0.1, 0.15) is 50.5 Å². The molecule has 2 N–H and O–H groups in total. The second kappa shape index (κ2) is 7.06. The van der Waals surface area contributed by atoms with Crippen molar-refractivity contribution in [1.82, 2.24) is 0 Å². The molecule has 0 heterocycles. The van der Waals surface area contributed by atoms with Gasteiger partial charge in [-0.25, -0.2) is 0 Å². The van der Waals surface area contributed by atoms with Gasteiger partial charge in [0.25, 0.3) is 0 Å². The first-order valence-electron chi connectivity index (χ1n) is 7.61. The summed E-state index contributed by atoms with van der Waals surface area (Å²) < 4.78 is 5.88. The number of ether oxygens (including phenoxy) is 1. The third-order valence-electron chi connectivity index (χ3n) is 4.62. The van der Waals surface area contributed by atoms with E-state index < -0.39 is 0 Å². The number of benzene rings is 1. The first-order chi connectivity index (χ1) is 9.27. The van der Waals surface area contributed by atoms with Crippen LogP contribution < -0.4 is 5.73 Å². The van der Waals surface area contributed by atoms with E-state index >= 15 is 0 Å². The molecule has 106 valence electrons. The van der Waals surface area contributed by atoms with Crippen molar-refractivity contribution in [3.8, 4) is 0 Å². The number of hydrogen-bond acceptors (Lipinski definition) is 2. The lowest BCUT2D eigenvalue weighted by molar-refractivity contribution is -0.0448. The van der Waals surface area contributed by atoms with Crippen molar-refractivity contribution < 1.29 is 4.74 Å². The van der Waals surface area contributed by atoms with Gasteiger partial charge in [0, 0.05) is 13.2 Å². The molecular weight excluding hydrogens is 234 g/mol. The average Bonchev–Trinajstić information content (AvgIpc) is 2.72. The number of aryl methyl sites for hydroxylation is 1. The molecule has 1 aliphatic carbocycles. The Morgan fingerprint density at radius 3 is 2.32 bits per heavy atom. The SMILES string of the molecule is COC1(C(N)CCc2ccccc2)CCCCCC1. The summed E-state index contributed by atoms with van der Waals surface area (Å²) in [7, 11) is 1.84. The van der Waals surface area contributed by atoms with E-state index in [2.05, 4.69) is 30.3 Å². The second-order valence-electron chi connectivity index (χ2n) is 5.81. The third-order valence-corrected chi connectivity index (χ3v) is 4.62. The monoisotopic (exact) mass is 261 g/mol. The molecule has 0 saturated heterocycles. The Balaban J connectivity index is 1.94. The molecule has 0 radical (unpaired) electrons. The lowest BCUT2D eigenvalue weighted by atomic mass is 9.83. The Hall–Kier alpha value is -0.860. The van der Waals surface area contributed by atoms with Gasteiger partial charge in [-0.15, -0.1) is 0 Å². The Kier molecular flexibility index (Phi) is 5.41. The van der Waals surface area contributed by atoms with Crippen LogP contribution in [-0.2, 0) is 11.2 Å². The molecule has 1 unspecified atom stereocenters. The second-order valence-corrected chi connectivity index (χ2v) is 5.81. The van der Waals surface area contributed by atoms with Crippen molar-refractivity contribution in [3.05, 3.63) is 35.9 Å². The third kappa shape index (κ3) is 3.80. The largest absolute Gasteiger partial charge is 0.377 e. The molecule has 1 saturated carbocycles. The van der Waals surface area contributed by atoms with Gasteiger partial charge >= 0.3 is 0 Å². The van der Waals surface area contributed by atoms with E-state index in [-0.39, 0.29) is 11.6 Å². The van der Waals surface area contributed by atoms with Crippen LogP contribution >= 0.6 is 0 Å². The van der Waals surface area contributed by atoms with Crippen LogP contribution in [0.25, 0.3) is 0 Å². The van der Waals surface area contributed by atoms with Crippen LogP contribution in [0.3, 0.4) is 0 Å². The van der Waals surface area contributed by atoms with Crippen molar-refractivity contribution in [2.24, 2.45) is 5.73 Å². The summed E-state index contributed by atoms with van der Waals surface area (Å²) >= 11 is 0. The molecule has 0 spiro atoms. The minimum Gasteiger partial charge on any atom is -0.377 e. The average molecular weight is 261 g/mol. The fraction of sp³-hybridized carbons (Fsp3) is 0.647. The molecule has 1 fully saturated rings. The lowest BCUT2D eigenvalue weighted by Crippen LogP contribution is -2.49. The zero-order chi connectivity index (χ0) is 13.6. The van der Waals surface area contributed by atoms with Crippen molar-refractivity contribution in [2.75, 3.05) is 7.11 Å². The predicted octanol–water partition coefficient (Wildman–Crippen LogP) is 3.69. The van der Waals surface area contributed by atoms with Gasteiger partial charge in [-0.05, 0) is 31.2 Å². The van der Waals surface area contributed by atoms with Crippen LogP contribution in [0.4, 0.5) is 0 Å². The van der Waals surface area contributed by atoms with Gasteiger partial charge in [0.1, 0.15) is 0 Å². The van der Waals surface area contributed by atoms with Crippen molar-refractivity contribution >= 4 is 0 Å². The van der Waals surface area contributed by atoms with Crippen LogP contribution in [0.15, 0.2) is 30.3 Å². The molecule has 0 bridgehead atoms. The predicted molar refractivity (Wildman–Crippen MR) is 80.2 cm³/mol. The smallest absolute Gasteiger partial charge is 0.0828 e. The van der Waals surface area contributed by atoms with E-state index in [1.807, 2.05) is 7.11 Å². The van der Waals surface area contributed by atoms with Gasteiger partial charge in [0.2, 0.25) is 0 Å². The van der Waals surface area contributed by atoms with E-state index in [0.29, 0.717) is 0 Å². The maximum atomic E-state index is 6.49. The van der Waals surface area contributed by atoms with Crippen LogP contribution in [0.5, 0.6) is 0 Å². The molecule has 1 aromatic rings. The topological polar surface area (TPSA) is 35.2 Å². The maximum absolute atomic E-state index is 6.49. The summed E-state index contributed by atoms with van der Waals surface area (Å²) in [5.41, 5.74) is 7.78. The summed E-state index contributed by atoms with van der Waals surface area (Å²) in [5.74, 6) is 0. The van der Waals surface area contributed by atoms with Crippen LogP contribution in [-0.4, -0.2) is 18.8 Å². The summed E-state index contributed by atoms with van der Waals surface area (Å²) in [4.78, 5) is 0. The van der Waals surface area contributed by atoms with E-state index in [1.165, 1.54) is 31.2 Å². The number of methoxy groups -OCH3 is 1. The van der Waals surface area contributed by atoms with Crippen LogP contribution in [0, 0.1) is 0 Å². The van der Waals surface area contributed by atoms with Crippen LogP contribution in [0.2, 0.25) is 0 Å². The van der Waals surface area contributed by atoms with E-state index in [9.17, 15) is 0 Å². The molecule has 1 aliphatic rings. The zero-order valence-corrected chi connectivity index (χ0v) is 12.1. The molecule has 0 amide bonds. The van der Waals surface area contributed by atoms with Crippen molar-refractivity contribution in [3.63, 3.8) is 0 Å². The fourth-order valence-electron chi connectivity index (χ4n) is 3.28. The molecule has 1 atom stereocenters. The van der Waals surface area contributed by atoms with Gasteiger partial charge < -0.3 is 10.5 Å². The highest BCUT2D eigenvalue weighted by atomic mass is 16.5.